The van der Waals surface area contributed by atoms with E-state index in [1.807, 2.05) is 6.20 Å². The number of nitrogens with zero attached hydrogens (tertiary/aromatic N) is 2. The summed E-state index contributed by atoms with van der Waals surface area (Å²) in [6.45, 7) is 7.42. The summed E-state index contributed by atoms with van der Waals surface area (Å²) in [5.41, 5.74) is 5.07. The van der Waals surface area contributed by atoms with E-state index in [0.717, 1.165) is 31.1 Å². The standard InChI is InChI=1S/C18H23N3/c1-14-5-6-16(15(2)11-14)12-19-17-7-8-18(20-13-17)21-9-3-4-10-21/h5-8,11,13,19H,3-4,9-10,12H2,1-2H3. The average molecular weight is 281 g/mol. The van der Waals surface area contributed by atoms with Crippen LogP contribution in [0.3, 0.4) is 0 Å². The molecule has 2 aromatic rings. The molecule has 0 amide bonds. The zero-order chi connectivity index (χ0) is 14.7. The second-order valence-corrected chi connectivity index (χ2v) is 5.88. The van der Waals surface area contributed by atoms with Crippen molar-refractivity contribution in [2.24, 2.45) is 0 Å². The summed E-state index contributed by atoms with van der Waals surface area (Å²) in [5.74, 6) is 1.10. The number of benzene rings is 1. The van der Waals surface area contributed by atoms with Crippen molar-refractivity contribution in [3.63, 3.8) is 0 Å². The number of rotatable bonds is 4. The van der Waals surface area contributed by atoms with Crippen molar-refractivity contribution in [1.29, 1.82) is 0 Å². The minimum absolute atomic E-state index is 0.844. The zero-order valence-corrected chi connectivity index (χ0v) is 12.9. The molecule has 1 aliphatic heterocycles. The second-order valence-electron chi connectivity index (χ2n) is 5.88. The van der Waals surface area contributed by atoms with Gasteiger partial charge < -0.3 is 10.2 Å². The second kappa shape index (κ2) is 6.17. The molecular formula is C18H23N3. The number of aryl methyl sites for hydroxylation is 2. The largest absolute Gasteiger partial charge is 0.380 e. The number of hydrogen-bond acceptors (Lipinski definition) is 3. The summed E-state index contributed by atoms with van der Waals surface area (Å²) < 4.78 is 0. The SMILES string of the molecule is Cc1ccc(CNc2ccc(N3CCCC3)nc2)c(C)c1. The summed E-state index contributed by atoms with van der Waals surface area (Å²) in [7, 11) is 0. The normalized spacial score (nSPS) is 14.5. The van der Waals surface area contributed by atoms with Gasteiger partial charge in [0.2, 0.25) is 0 Å². The van der Waals surface area contributed by atoms with Crippen molar-refractivity contribution in [2.45, 2.75) is 33.2 Å². The Morgan fingerprint density at radius 3 is 2.57 bits per heavy atom. The van der Waals surface area contributed by atoms with E-state index in [1.165, 1.54) is 29.5 Å². The summed E-state index contributed by atoms with van der Waals surface area (Å²) in [5, 5.41) is 3.46. The van der Waals surface area contributed by atoms with Crippen molar-refractivity contribution in [3.8, 4) is 0 Å². The predicted molar refractivity (Wildman–Crippen MR) is 88.9 cm³/mol. The fourth-order valence-electron chi connectivity index (χ4n) is 2.87. The third kappa shape index (κ3) is 3.35. The van der Waals surface area contributed by atoms with E-state index in [-0.39, 0.29) is 0 Å². The first kappa shape index (κ1) is 13.9. The molecule has 1 aromatic heterocycles. The molecular weight excluding hydrogens is 258 g/mol. The lowest BCUT2D eigenvalue weighted by Gasteiger charge is -2.16. The molecule has 1 aromatic carbocycles. The quantitative estimate of drug-likeness (QED) is 0.921. The van der Waals surface area contributed by atoms with Crippen LogP contribution in [-0.2, 0) is 6.54 Å². The molecule has 3 heteroatoms. The predicted octanol–water partition coefficient (Wildman–Crippen LogP) is 3.91. The Bertz CT molecular complexity index is 598. The van der Waals surface area contributed by atoms with Crippen molar-refractivity contribution < 1.29 is 0 Å². The van der Waals surface area contributed by atoms with Crippen LogP contribution < -0.4 is 10.2 Å². The van der Waals surface area contributed by atoms with Gasteiger partial charge in [-0.2, -0.15) is 0 Å². The lowest BCUT2D eigenvalue weighted by molar-refractivity contribution is 0.937. The highest BCUT2D eigenvalue weighted by Crippen LogP contribution is 2.19. The Morgan fingerprint density at radius 2 is 1.90 bits per heavy atom. The van der Waals surface area contributed by atoms with Crippen LogP contribution in [0.2, 0.25) is 0 Å². The Hall–Kier alpha value is -2.03. The van der Waals surface area contributed by atoms with Gasteiger partial charge in [-0.3, -0.25) is 0 Å². The minimum Gasteiger partial charge on any atom is -0.380 e. The molecule has 0 saturated carbocycles. The fourth-order valence-corrected chi connectivity index (χ4v) is 2.87. The average Bonchev–Trinajstić information content (AvgIpc) is 3.01. The molecule has 0 aliphatic carbocycles. The zero-order valence-electron chi connectivity index (χ0n) is 12.9. The maximum atomic E-state index is 4.57. The molecule has 21 heavy (non-hydrogen) atoms. The molecule has 0 spiro atoms. The van der Waals surface area contributed by atoms with E-state index in [9.17, 15) is 0 Å². The summed E-state index contributed by atoms with van der Waals surface area (Å²) in [4.78, 5) is 6.93. The van der Waals surface area contributed by atoms with E-state index in [1.54, 1.807) is 0 Å². The molecule has 110 valence electrons. The third-order valence-corrected chi connectivity index (χ3v) is 4.16. The van der Waals surface area contributed by atoms with Crippen molar-refractivity contribution in [3.05, 3.63) is 53.2 Å². The Labute approximate surface area is 127 Å². The molecule has 1 aliphatic rings. The number of anilines is 2. The molecule has 0 atom stereocenters. The van der Waals surface area contributed by atoms with Crippen LogP contribution in [0.5, 0.6) is 0 Å². The molecule has 1 fully saturated rings. The number of nitrogens with one attached hydrogen (secondary N) is 1. The molecule has 0 unspecified atom stereocenters. The maximum absolute atomic E-state index is 4.57. The lowest BCUT2D eigenvalue weighted by atomic mass is 10.1. The van der Waals surface area contributed by atoms with E-state index >= 15 is 0 Å². The first-order valence-corrected chi connectivity index (χ1v) is 7.73. The molecule has 1 N–H and O–H groups in total. The van der Waals surface area contributed by atoms with Crippen molar-refractivity contribution in [1.82, 2.24) is 4.98 Å². The van der Waals surface area contributed by atoms with Crippen molar-refractivity contribution in [2.75, 3.05) is 23.3 Å². The van der Waals surface area contributed by atoms with Gasteiger partial charge >= 0.3 is 0 Å². The smallest absolute Gasteiger partial charge is 0.128 e. The monoisotopic (exact) mass is 281 g/mol. The van der Waals surface area contributed by atoms with Gasteiger partial charge in [-0.25, -0.2) is 4.98 Å². The highest BCUT2D eigenvalue weighted by atomic mass is 15.2. The van der Waals surface area contributed by atoms with E-state index in [4.69, 9.17) is 0 Å². The highest BCUT2D eigenvalue weighted by molar-refractivity contribution is 5.49. The molecule has 0 radical (unpaired) electrons. The topological polar surface area (TPSA) is 28.2 Å². The van der Waals surface area contributed by atoms with Crippen LogP contribution in [0.1, 0.15) is 29.5 Å². The van der Waals surface area contributed by atoms with E-state index in [2.05, 4.69) is 59.4 Å². The Morgan fingerprint density at radius 1 is 1.10 bits per heavy atom. The summed E-state index contributed by atoms with van der Waals surface area (Å²) >= 11 is 0. The van der Waals surface area contributed by atoms with Gasteiger partial charge in [0.15, 0.2) is 0 Å². The van der Waals surface area contributed by atoms with Gasteiger partial charge in [0.25, 0.3) is 0 Å². The number of pyridine rings is 1. The van der Waals surface area contributed by atoms with Gasteiger partial charge in [0.1, 0.15) is 5.82 Å². The fraction of sp³-hybridized carbons (Fsp3) is 0.389. The molecule has 2 heterocycles. The summed E-state index contributed by atoms with van der Waals surface area (Å²) in [6, 6.07) is 10.8. The minimum atomic E-state index is 0.844. The van der Waals surface area contributed by atoms with Crippen LogP contribution in [0.4, 0.5) is 11.5 Å². The van der Waals surface area contributed by atoms with Crippen LogP contribution >= 0.6 is 0 Å². The Kier molecular flexibility index (Phi) is 4.09. The Balaban J connectivity index is 1.62. The van der Waals surface area contributed by atoms with Crippen LogP contribution in [0.25, 0.3) is 0 Å². The van der Waals surface area contributed by atoms with Crippen LogP contribution in [-0.4, -0.2) is 18.1 Å². The first-order valence-electron chi connectivity index (χ1n) is 7.73. The molecule has 1 saturated heterocycles. The number of aromatic nitrogens is 1. The van der Waals surface area contributed by atoms with E-state index < -0.39 is 0 Å². The molecule has 3 nitrogen and oxygen atoms in total. The first-order chi connectivity index (χ1) is 10.2. The van der Waals surface area contributed by atoms with Gasteiger partial charge in [0.05, 0.1) is 11.9 Å². The third-order valence-electron chi connectivity index (χ3n) is 4.16. The van der Waals surface area contributed by atoms with E-state index in [0.29, 0.717) is 0 Å². The molecule has 3 rings (SSSR count). The van der Waals surface area contributed by atoms with Crippen LogP contribution in [0, 0.1) is 13.8 Å². The summed E-state index contributed by atoms with van der Waals surface area (Å²) in [6.07, 6.45) is 4.51. The number of hydrogen-bond donors (Lipinski definition) is 1. The maximum Gasteiger partial charge on any atom is 0.128 e. The van der Waals surface area contributed by atoms with Gasteiger partial charge in [-0.05, 0) is 49.9 Å². The van der Waals surface area contributed by atoms with Gasteiger partial charge in [0, 0.05) is 19.6 Å². The van der Waals surface area contributed by atoms with Crippen LogP contribution in [0.15, 0.2) is 36.5 Å². The highest BCUT2D eigenvalue weighted by Gasteiger charge is 2.12. The van der Waals surface area contributed by atoms with Gasteiger partial charge in [-0.15, -0.1) is 0 Å². The lowest BCUT2D eigenvalue weighted by Crippen LogP contribution is -2.18. The van der Waals surface area contributed by atoms with Gasteiger partial charge in [-0.1, -0.05) is 23.8 Å². The van der Waals surface area contributed by atoms with Crippen molar-refractivity contribution >= 4 is 11.5 Å². The molecule has 0 bridgehead atoms.